The quantitative estimate of drug-likeness (QED) is 0.617. The van der Waals surface area contributed by atoms with Crippen LogP contribution in [0, 0.1) is 0 Å². The maximum Gasteiger partial charge on any atom is 0.0831 e. The van der Waals surface area contributed by atoms with Gasteiger partial charge in [0.15, 0.2) is 0 Å². The molecule has 1 aliphatic heterocycles. The number of pyridine rings is 1. The first-order valence-corrected chi connectivity index (χ1v) is 6.04. The van der Waals surface area contributed by atoms with E-state index >= 15 is 0 Å². The van der Waals surface area contributed by atoms with Crippen LogP contribution in [0.1, 0.15) is 24.5 Å². The van der Waals surface area contributed by atoms with Crippen molar-refractivity contribution in [1.29, 1.82) is 0 Å². The van der Waals surface area contributed by atoms with Gasteiger partial charge >= 0.3 is 0 Å². The molecule has 2 rings (SSSR count). The second-order valence-electron chi connectivity index (χ2n) is 3.26. The fraction of sp³-hybridized carbons (Fsp3) is 0.500. The third kappa shape index (κ3) is 2.20. The zero-order valence-electron chi connectivity index (χ0n) is 7.32. The number of hydrogen-bond donors (Lipinski definition) is 0. The third-order valence-electron chi connectivity index (χ3n) is 2.36. The minimum absolute atomic E-state index is 0.308. The lowest BCUT2D eigenvalue weighted by atomic mass is 10.1. The van der Waals surface area contributed by atoms with Gasteiger partial charge in [0.05, 0.1) is 12.2 Å². The van der Waals surface area contributed by atoms with Gasteiger partial charge in [-0.2, -0.15) is 0 Å². The highest BCUT2D eigenvalue weighted by Gasteiger charge is 2.25. The van der Waals surface area contributed by atoms with Crippen LogP contribution >= 0.6 is 22.6 Å². The van der Waals surface area contributed by atoms with Crippen LogP contribution in [0.4, 0.5) is 0 Å². The summed E-state index contributed by atoms with van der Waals surface area (Å²) in [5, 5.41) is 0. The van der Waals surface area contributed by atoms with Gasteiger partial charge in [-0.3, -0.25) is 4.98 Å². The molecule has 1 aliphatic rings. The minimum Gasteiger partial charge on any atom is -0.369 e. The zero-order chi connectivity index (χ0) is 9.10. The molecule has 0 bridgehead atoms. The molecular weight excluding hydrogens is 277 g/mol. The number of aromatic nitrogens is 1. The average molecular weight is 289 g/mol. The number of rotatable bonds is 2. The molecule has 0 N–H and O–H groups in total. The van der Waals surface area contributed by atoms with Gasteiger partial charge in [-0.25, -0.2) is 0 Å². The molecule has 1 aromatic rings. The van der Waals surface area contributed by atoms with E-state index in [1.807, 2.05) is 24.5 Å². The van der Waals surface area contributed by atoms with Crippen molar-refractivity contribution in [2.24, 2.45) is 0 Å². The molecule has 1 saturated heterocycles. The highest BCUT2D eigenvalue weighted by Crippen LogP contribution is 2.32. The lowest BCUT2D eigenvalue weighted by Gasteiger charge is -2.11. The van der Waals surface area contributed by atoms with Crippen LogP contribution in [-0.2, 0) is 4.74 Å². The Morgan fingerprint density at radius 3 is 2.77 bits per heavy atom. The summed E-state index contributed by atoms with van der Waals surface area (Å²) in [6, 6.07) is 4.08. The Kier molecular flexibility index (Phi) is 3.16. The highest BCUT2D eigenvalue weighted by molar-refractivity contribution is 14.1. The van der Waals surface area contributed by atoms with E-state index in [0.29, 0.717) is 12.2 Å². The Morgan fingerprint density at radius 1 is 1.38 bits per heavy atom. The molecule has 0 spiro atoms. The fourth-order valence-corrected chi connectivity index (χ4v) is 2.29. The normalized spacial score (nSPS) is 27.8. The molecule has 13 heavy (non-hydrogen) atoms. The van der Waals surface area contributed by atoms with Gasteiger partial charge in [-0.15, -0.1) is 0 Å². The fourth-order valence-electron chi connectivity index (χ4n) is 1.64. The van der Waals surface area contributed by atoms with Crippen LogP contribution in [0.2, 0.25) is 0 Å². The molecule has 0 amide bonds. The molecule has 0 radical (unpaired) electrons. The van der Waals surface area contributed by atoms with Gasteiger partial charge in [-0.05, 0) is 30.5 Å². The summed E-state index contributed by atoms with van der Waals surface area (Å²) < 4.78 is 6.96. The van der Waals surface area contributed by atoms with Crippen molar-refractivity contribution in [2.45, 2.75) is 25.0 Å². The molecule has 70 valence electrons. The van der Waals surface area contributed by atoms with Crippen molar-refractivity contribution in [3.8, 4) is 0 Å². The van der Waals surface area contributed by atoms with Gasteiger partial charge in [0.2, 0.25) is 0 Å². The van der Waals surface area contributed by atoms with Crippen molar-refractivity contribution >= 4 is 22.6 Å². The number of alkyl halides is 1. The van der Waals surface area contributed by atoms with E-state index < -0.39 is 0 Å². The summed E-state index contributed by atoms with van der Waals surface area (Å²) in [7, 11) is 0. The van der Waals surface area contributed by atoms with E-state index in [1.165, 1.54) is 12.0 Å². The van der Waals surface area contributed by atoms with Crippen LogP contribution in [0.15, 0.2) is 24.5 Å². The zero-order valence-corrected chi connectivity index (χ0v) is 9.48. The van der Waals surface area contributed by atoms with Crippen molar-refractivity contribution < 1.29 is 4.74 Å². The van der Waals surface area contributed by atoms with Gasteiger partial charge in [0.25, 0.3) is 0 Å². The molecule has 1 aromatic heterocycles. The highest BCUT2D eigenvalue weighted by atomic mass is 127. The van der Waals surface area contributed by atoms with Crippen molar-refractivity contribution in [3.05, 3.63) is 30.1 Å². The van der Waals surface area contributed by atoms with E-state index in [1.54, 1.807) is 0 Å². The SMILES string of the molecule is ICC1CCC(c2ccncc2)O1. The second-order valence-corrected chi connectivity index (χ2v) is 4.14. The molecule has 2 unspecified atom stereocenters. The summed E-state index contributed by atoms with van der Waals surface area (Å²) in [5.41, 5.74) is 1.27. The van der Waals surface area contributed by atoms with E-state index in [9.17, 15) is 0 Å². The number of nitrogens with zero attached hydrogens (tertiary/aromatic N) is 1. The van der Waals surface area contributed by atoms with E-state index in [2.05, 4.69) is 27.6 Å². The van der Waals surface area contributed by atoms with Crippen LogP contribution in [-0.4, -0.2) is 15.5 Å². The van der Waals surface area contributed by atoms with Crippen molar-refractivity contribution in [2.75, 3.05) is 4.43 Å². The van der Waals surface area contributed by atoms with E-state index in [0.717, 1.165) is 10.8 Å². The lowest BCUT2D eigenvalue weighted by molar-refractivity contribution is 0.0597. The van der Waals surface area contributed by atoms with Crippen molar-refractivity contribution in [3.63, 3.8) is 0 Å². The first-order valence-electron chi connectivity index (χ1n) is 4.51. The largest absolute Gasteiger partial charge is 0.369 e. The Morgan fingerprint density at radius 2 is 2.15 bits per heavy atom. The molecule has 3 heteroatoms. The molecule has 1 fully saturated rings. The second kappa shape index (κ2) is 4.37. The monoisotopic (exact) mass is 289 g/mol. The summed E-state index contributed by atoms with van der Waals surface area (Å²) in [5.74, 6) is 0. The first-order chi connectivity index (χ1) is 6.40. The molecule has 2 nitrogen and oxygen atoms in total. The Balaban J connectivity index is 2.04. The molecule has 0 saturated carbocycles. The number of ether oxygens (including phenoxy) is 1. The topological polar surface area (TPSA) is 22.1 Å². The van der Waals surface area contributed by atoms with Crippen LogP contribution < -0.4 is 0 Å². The summed E-state index contributed by atoms with van der Waals surface area (Å²) in [6.07, 6.45) is 6.77. The summed E-state index contributed by atoms with van der Waals surface area (Å²) in [6.45, 7) is 0. The third-order valence-corrected chi connectivity index (χ3v) is 3.34. The maximum atomic E-state index is 5.86. The molecule has 0 aliphatic carbocycles. The standard InChI is InChI=1S/C10H12INO/c11-7-9-1-2-10(13-9)8-3-5-12-6-4-8/h3-6,9-10H,1-2,7H2. The molecule has 2 atom stereocenters. The molecular formula is C10H12INO. The predicted octanol–water partition coefficient (Wildman–Crippen LogP) is 2.74. The Hall–Kier alpha value is -0.160. The predicted molar refractivity (Wildman–Crippen MR) is 60.0 cm³/mol. The molecule has 0 aromatic carbocycles. The number of hydrogen-bond acceptors (Lipinski definition) is 2. The Labute approximate surface area is 91.8 Å². The Bertz CT molecular complexity index is 265. The maximum absolute atomic E-state index is 5.86. The molecule has 2 heterocycles. The average Bonchev–Trinajstić information content (AvgIpc) is 2.67. The minimum atomic E-state index is 0.308. The first kappa shape index (κ1) is 9.40. The lowest BCUT2D eigenvalue weighted by Crippen LogP contribution is -2.07. The van der Waals surface area contributed by atoms with E-state index in [4.69, 9.17) is 4.74 Å². The van der Waals surface area contributed by atoms with Crippen LogP contribution in [0.25, 0.3) is 0 Å². The van der Waals surface area contributed by atoms with Gasteiger partial charge in [0.1, 0.15) is 0 Å². The van der Waals surface area contributed by atoms with Gasteiger partial charge in [0, 0.05) is 16.8 Å². The number of halogens is 1. The van der Waals surface area contributed by atoms with E-state index in [-0.39, 0.29) is 0 Å². The van der Waals surface area contributed by atoms with Crippen LogP contribution in [0.3, 0.4) is 0 Å². The van der Waals surface area contributed by atoms with Gasteiger partial charge in [-0.1, -0.05) is 22.6 Å². The smallest absolute Gasteiger partial charge is 0.0831 e. The van der Waals surface area contributed by atoms with Crippen molar-refractivity contribution in [1.82, 2.24) is 4.98 Å². The summed E-state index contributed by atoms with van der Waals surface area (Å²) >= 11 is 2.38. The van der Waals surface area contributed by atoms with Crippen LogP contribution in [0.5, 0.6) is 0 Å². The van der Waals surface area contributed by atoms with Gasteiger partial charge < -0.3 is 4.74 Å². The summed E-state index contributed by atoms with van der Waals surface area (Å²) in [4.78, 5) is 4.00.